The summed E-state index contributed by atoms with van der Waals surface area (Å²) in [5.41, 5.74) is 2.08. The second kappa shape index (κ2) is 10.1. The number of amides is 2. The van der Waals surface area contributed by atoms with Crippen LogP contribution in [0.1, 0.15) is 17.5 Å². The van der Waals surface area contributed by atoms with Gasteiger partial charge in [0.2, 0.25) is 0 Å². The van der Waals surface area contributed by atoms with Gasteiger partial charge in [0.05, 0.1) is 0 Å². The van der Waals surface area contributed by atoms with E-state index in [1.165, 1.54) is 5.56 Å². The van der Waals surface area contributed by atoms with Crippen LogP contribution < -0.4 is 10.6 Å². The number of halogens is 2. The number of hydrogen-bond acceptors (Lipinski definition) is 2. The lowest BCUT2D eigenvalue weighted by Crippen LogP contribution is -2.41. The first-order chi connectivity index (χ1) is 12.1. The molecule has 0 saturated carbocycles. The number of aryl methyl sites for hydroxylation is 1. The average Bonchev–Trinajstić information content (AvgIpc) is 2.61. The minimum Gasteiger partial charge on any atom is -0.348 e. The van der Waals surface area contributed by atoms with Crippen molar-refractivity contribution in [3.63, 3.8) is 0 Å². The molecule has 0 radical (unpaired) electrons. The Kier molecular flexibility index (Phi) is 7.76. The van der Waals surface area contributed by atoms with Crippen molar-refractivity contribution < 1.29 is 9.59 Å². The van der Waals surface area contributed by atoms with E-state index in [0.717, 1.165) is 18.4 Å². The molecule has 0 aliphatic carbocycles. The molecule has 0 heterocycles. The van der Waals surface area contributed by atoms with Gasteiger partial charge in [-0.1, -0.05) is 59.6 Å². The zero-order valence-corrected chi connectivity index (χ0v) is 15.2. The Balaban J connectivity index is 1.64. The molecule has 4 nitrogen and oxygen atoms in total. The molecule has 6 heteroatoms. The van der Waals surface area contributed by atoms with E-state index in [2.05, 4.69) is 10.6 Å². The molecule has 2 N–H and O–H groups in total. The maximum absolute atomic E-state index is 11.8. The third kappa shape index (κ3) is 6.77. The van der Waals surface area contributed by atoms with E-state index in [-0.39, 0.29) is 0 Å². The molecular formula is C19H20Cl2N2O2. The highest BCUT2D eigenvalue weighted by Crippen LogP contribution is 2.20. The van der Waals surface area contributed by atoms with Crippen LogP contribution in [0.2, 0.25) is 10.0 Å². The standard InChI is InChI=1S/C19H20Cl2N2O2/c20-16-9-8-15(17(21)13-16)10-12-23-19(25)18(24)22-11-4-7-14-5-2-1-3-6-14/h1-3,5-6,8-9,13H,4,7,10-12H2,(H,22,24)(H,23,25). The summed E-state index contributed by atoms with van der Waals surface area (Å²) < 4.78 is 0. The number of rotatable bonds is 7. The summed E-state index contributed by atoms with van der Waals surface area (Å²) in [6, 6.07) is 15.2. The van der Waals surface area contributed by atoms with Crippen molar-refractivity contribution in [3.8, 4) is 0 Å². The van der Waals surface area contributed by atoms with Gasteiger partial charge in [0.15, 0.2) is 0 Å². The van der Waals surface area contributed by atoms with E-state index >= 15 is 0 Å². The zero-order chi connectivity index (χ0) is 18.1. The van der Waals surface area contributed by atoms with Gasteiger partial charge in [0.25, 0.3) is 0 Å². The van der Waals surface area contributed by atoms with E-state index in [0.29, 0.717) is 29.6 Å². The molecule has 0 unspecified atom stereocenters. The highest BCUT2D eigenvalue weighted by atomic mass is 35.5. The first kappa shape index (κ1) is 19.3. The summed E-state index contributed by atoms with van der Waals surface area (Å²) in [6.45, 7) is 0.793. The summed E-state index contributed by atoms with van der Waals surface area (Å²) in [6.07, 6.45) is 2.17. The van der Waals surface area contributed by atoms with Gasteiger partial charge in [-0.05, 0) is 42.5 Å². The molecule has 0 spiro atoms. The second-order valence-electron chi connectivity index (χ2n) is 5.59. The Hall–Kier alpha value is -2.04. The van der Waals surface area contributed by atoms with Crippen molar-refractivity contribution in [1.82, 2.24) is 10.6 Å². The molecule has 2 aromatic carbocycles. The smallest absolute Gasteiger partial charge is 0.309 e. The Morgan fingerprint density at radius 3 is 2.20 bits per heavy atom. The van der Waals surface area contributed by atoms with E-state index in [1.807, 2.05) is 30.3 Å². The molecule has 0 fully saturated rings. The number of hydrogen-bond donors (Lipinski definition) is 2. The van der Waals surface area contributed by atoms with Crippen LogP contribution in [0.25, 0.3) is 0 Å². The lowest BCUT2D eigenvalue weighted by molar-refractivity contribution is -0.139. The summed E-state index contributed by atoms with van der Waals surface area (Å²) in [5, 5.41) is 6.33. The normalized spacial score (nSPS) is 10.3. The molecule has 0 aliphatic rings. The van der Waals surface area contributed by atoms with Crippen LogP contribution in [0.15, 0.2) is 48.5 Å². The lowest BCUT2D eigenvalue weighted by atomic mass is 10.1. The van der Waals surface area contributed by atoms with Gasteiger partial charge < -0.3 is 10.6 Å². The fourth-order valence-electron chi connectivity index (χ4n) is 2.33. The Labute approximate surface area is 157 Å². The quantitative estimate of drug-likeness (QED) is 0.572. The van der Waals surface area contributed by atoms with Crippen LogP contribution in [0.5, 0.6) is 0 Å². The van der Waals surface area contributed by atoms with Crippen molar-refractivity contribution in [2.45, 2.75) is 19.3 Å². The molecule has 0 aromatic heterocycles. The van der Waals surface area contributed by atoms with Crippen LogP contribution in [0.4, 0.5) is 0 Å². The van der Waals surface area contributed by atoms with Crippen molar-refractivity contribution in [3.05, 3.63) is 69.7 Å². The third-order valence-corrected chi connectivity index (χ3v) is 4.26. The average molecular weight is 379 g/mol. The Bertz CT molecular complexity index is 721. The summed E-state index contributed by atoms with van der Waals surface area (Å²) in [5.74, 6) is -1.25. The highest BCUT2D eigenvalue weighted by Gasteiger charge is 2.12. The van der Waals surface area contributed by atoms with Crippen molar-refractivity contribution in [2.24, 2.45) is 0 Å². The van der Waals surface area contributed by atoms with E-state index < -0.39 is 11.8 Å². The van der Waals surface area contributed by atoms with Gasteiger partial charge in [-0.3, -0.25) is 9.59 Å². The number of benzene rings is 2. The summed E-state index contributed by atoms with van der Waals surface area (Å²) in [4.78, 5) is 23.5. The van der Waals surface area contributed by atoms with Crippen LogP contribution in [-0.2, 0) is 22.4 Å². The van der Waals surface area contributed by atoms with Gasteiger partial charge in [0, 0.05) is 23.1 Å². The zero-order valence-electron chi connectivity index (χ0n) is 13.7. The van der Waals surface area contributed by atoms with Gasteiger partial charge in [-0.25, -0.2) is 0 Å². The molecule has 0 aliphatic heterocycles. The number of nitrogens with one attached hydrogen (secondary N) is 2. The van der Waals surface area contributed by atoms with Crippen LogP contribution in [0, 0.1) is 0 Å². The lowest BCUT2D eigenvalue weighted by Gasteiger charge is -2.08. The van der Waals surface area contributed by atoms with Gasteiger partial charge >= 0.3 is 11.8 Å². The van der Waals surface area contributed by atoms with Crippen LogP contribution in [0.3, 0.4) is 0 Å². The van der Waals surface area contributed by atoms with Gasteiger partial charge in [0.1, 0.15) is 0 Å². The molecule has 132 valence electrons. The minimum absolute atomic E-state index is 0.331. The minimum atomic E-state index is -0.634. The largest absolute Gasteiger partial charge is 0.348 e. The van der Waals surface area contributed by atoms with E-state index in [4.69, 9.17) is 23.2 Å². The van der Waals surface area contributed by atoms with Crippen molar-refractivity contribution in [1.29, 1.82) is 0 Å². The number of carbonyl (C=O) groups excluding carboxylic acids is 2. The van der Waals surface area contributed by atoms with Crippen molar-refractivity contribution in [2.75, 3.05) is 13.1 Å². The molecule has 0 bridgehead atoms. The maximum Gasteiger partial charge on any atom is 0.309 e. The molecule has 2 rings (SSSR count). The second-order valence-corrected chi connectivity index (χ2v) is 6.43. The Morgan fingerprint density at radius 2 is 1.52 bits per heavy atom. The summed E-state index contributed by atoms with van der Waals surface area (Å²) >= 11 is 11.9. The Morgan fingerprint density at radius 1 is 0.840 bits per heavy atom. The van der Waals surface area contributed by atoms with Gasteiger partial charge in [-0.2, -0.15) is 0 Å². The predicted molar refractivity (Wildman–Crippen MR) is 101 cm³/mol. The monoisotopic (exact) mass is 378 g/mol. The number of carbonyl (C=O) groups is 2. The first-order valence-electron chi connectivity index (χ1n) is 8.10. The molecule has 0 saturated heterocycles. The molecular weight excluding hydrogens is 359 g/mol. The fraction of sp³-hybridized carbons (Fsp3) is 0.263. The third-order valence-electron chi connectivity index (χ3n) is 3.67. The molecule has 2 aromatic rings. The predicted octanol–water partition coefficient (Wildman–Crippen LogP) is 3.40. The molecule has 2 amide bonds. The van der Waals surface area contributed by atoms with Crippen LogP contribution >= 0.6 is 23.2 Å². The maximum atomic E-state index is 11.8. The summed E-state index contributed by atoms with van der Waals surface area (Å²) in [7, 11) is 0. The molecule has 25 heavy (non-hydrogen) atoms. The fourth-order valence-corrected chi connectivity index (χ4v) is 2.84. The SMILES string of the molecule is O=C(NCCCc1ccccc1)C(=O)NCCc1ccc(Cl)cc1Cl. The van der Waals surface area contributed by atoms with E-state index in [1.54, 1.807) is 18.2 Å². The topological polar surface area (TPSA) is 58.2 Å². The van der Waals surface area contributed by atoms with Crippen LogP contribution in [-0.4, -0.2) is 24.9 Å². The van der Waals surface area contributed by atoms with Gasteiger partial charge in [-0.15, -0.1) is 0 Å². The van der Waals surface area contributed by atoms with Crippen molar-refractivity contribution >= 4 is 35.0 Å². The molecule has 0 atom stereocenters. The first-order valence-corrected chi connectivity index (χ1v) is 8.86. The highest BCUT2D eigenvalue weighted by molar-refractivity contribution is 6.35. The van der Waals surface area contributed by atoms with E-state index in [9.17, 15) is 9.59 Å².